The van der Waals surface area contributed by atoms with E-state index in [0.29, 0.717) is 22.6 Å². The Hall–Kier alpha value is -1.13. The van der Waals surface area contributed by atoms with Gasteiger partial charge in [-0.2, -0.15) is 4.98 Å². The summed E-state index contributed by atoms with van der Waals surface area (Å²) >= 11 is 9.45. The van der Waals surface area contributed by atoms with Crippen molar-refractivity contribution >= 4 is 27.5 Å². The van der Waals surface area contributed by atoms with Crippen molar-refractivity contribution in [2.45, 2.75) is 26.7 Å². The zero-order chi connectivity index (χ0) is 13.8. The van der Waals surface area contributed by atoms with E-state index in [1.165, 1.54) is 0 Å². The number of ether oxygens (including phenoxy) is 1. The summed E-state index contributed by atoms with van der Waals surface area (Å²) in [5.74, 6) is 1.88. The average molecular weight is 342 g/mol. The number of aromatic nitrogens is 2. The maximum absolute atomic E-state index is 5.97. The molecule has 0 aliphatic rings. The smallest absolute Gasteiger partial charge is 0.224 e. The summed E-state index contributed by atoms with van der Waals surface area (Å²) in [7, 11) is 0. The van der Waals surface area contributed by atoms with Crippen molar-refractivity contribution in [3.8, 4) is 11.6 Å². The third-order valence-electron chi connectivity index (χ3n) is 2.49. The lowest BCUT2D eigenvalue weighted by Gasteiger charge is -2.09. The normalized spacial score (nSPS) is 10.5. The molecule has 0 amide bonds. The van der Waals surface area contributed by atoms with Crippen LogP contribution in [0.15, 0.2) is 28.7 Å². The van der Waals surface area contributed by atoms with Gasteiger partial charge < -0.3 is 4.74 Å². The van der Waals surface area contributed by atoms with E-state index in [1.807, 2.05) is 25.1 Å². The highest BCUT2D eigenvalue weighted by molar-refractivity contribution is 9.10. The molecule has 0 saturated heterocycles. The summed E-state index contributed by atoms with van der Waals surface area (Å²) in [6.07, 6.45) is 1.75. The molecule has 19 heavy (non-hydrogen) atoms. The molecule has 5 heteroatoms. The summed E-state index contributed by atoms with van der Waals surface area (Å²) < 4.78 is 6.64. The maximum atomic E-state index is 5.97. The number of hydrogen-bond donors (Lipinski definition) is 0. The fourth-order valence-electron chi connectivity index (χ4n) is 1.63. The summed E-state index contributed by atoms with van der Waals surface area (Å²) in [4.78, 5) is 8.51. The molecule has 0 atom stereocenters. The zero-order valence-electron chi connectivity index (χ0n) is 10.8. The van der Waals surface area contributed by atoms with E-state index in [1.54, 1.807) is 6.07 Å². The van der Waals surface area contributed by atoms with Crippen LogP contribution in [0.4, 0.5) is 0 Å². The van der Waals surface area contributed by atoms with Crippen LogP contribution < -0.4 is 4.74 Å². The van der Waals surface area contributed by atoms with Crippen molar-refractivity contribution in [2.75, 3.05) is 0 Å². The van der Waals surface area contributed by atoms with Gasteiger partial charge in [-0.25, -0.2) is 4.98 Å². The minimum Gasteiger partial charge on any atom is -0.438 e. The molecule has 0 bridgehead atoms. The second-order valence-corrected chi connectivity index (χ2v) is 5.47. The fraction of sp³-hybridized carbons (Fsp3) is 0.286. The molecule has 100 valence electrons. The lowest BCUT2D eigenvalue weighted by molar-refractivity contribution is 0.455. The molecule has 0 spiro atoms. The Balaban J connectivity index is 2.27. The first kappa shape index (κ1) is 14.3. The maximum Gasteiger partial charge on any atom is 0.224 e. The summed E-state index contributed by atoms with van der Waals surface area (Å²) in [5, 5.41) is 0.400. The van der Waals surface area contributed by atoms with Crippen LogP contribution in [0, 0.1) is 6.92 Å². The van der Waals surface area contributed by atoms with Crippen LogP contribution in [0.25, 0.3) is 0 Å². The summed E-state index contributed by atoms with van der Waals surface area (Å²) in [6.45, 7) is 4.09. The van der Waals surface area contributed by atoms with Crippen molar-refractivity contribution in [3.63, 3.8) is 0 Å². The molecular formula is C14H14BrClN2O. The van der Waals surface area contributed by atoms with Gasteiger partial charge in [0.1, 0.15) is 16.7 Å². The van der Waals surface area contributed by atoms with Gasteiger partial charge in [0.2, 0.25) is 5.88 Å². The van der Waals surface area contributed by atoms with E-state index in [-0.39, 0.29) is 0 Å². The van der Waals surface area contributed by atoms with Gasteiger partial charge in [0.15, 0.2) is 0 Å². The van der Waals surface area contributed by atoms with Gasteiger partial charge in [-0.1, -0.05) is 24.6 Å². The van der Waals surface area contributed by atoms with E-state index < -0.39 is 0 Å². The van der Waals surface area contributed by atoms with Gasteiger partial charge in [-0.05, 0) is 47.0 Å². The van der Waals surface area contributed by atoms with Crippen LogP contribution in [-0.2, 0) is 6.42 Å². The Morgan fingerprint density at radius 2 is 2.05 bits per heavy atom. The number of nitrogens with zero attached hydrogens (tertiary/aromatic N) is 2. The molecule has 0 fully saturated rings. The average Bonchev–Trinajstić information content (AvgIpc) is 2.32. The molecule has 1 heterocycles. The lowest BCUT2D eigenvalue weighted by Crippen LogP contribution is -1.98. The molecule has 2 aromatic rings. The van der Waals surface area contributed by atoms with E-state index in [4.69, 9.17) is 16.3 Å². The molecule has 2 rings (SSSR count). The largest absolute Gasteiger partial charge is 0.438 e. The van der Waals surface area contributed by atoms with Crippen molar-refractivity contribution in [1.29, 1.82) is 0 Å². The van der Waals surface area contributed by atoms with Crippen molar-refractivity contribution in [3.05, 3.63) is 45.3 Å². The van der Waals surface area contributed by atoms with Crippen LogP contribution in [0.1, 0.15) is 24.7 Å². The molecule has 1 aromatic heterocycles. The predicted molar refractivity (Wildman–Crippen MR) is 80.0 cm³/mol. The Kier molecular flexibility index (Phi) is 4.77. The van der Waals surface area contributed by atoms with Crippen LogP contribution in [-0.4, -0.2) is 9.97 Å². The first-order valence-electron chi connectivity index (χ1n) is 6.06. The molecular weight excluding hydrogens is 328 g/mol. The Morgan fingerprint density at radius 3 is 2.74 bits per heavy atom. The monoisotopic (exact) mass is 340 g/mol. The quantitative estimate of drug-likeness (QED) is 0.738. The SMILES string of the molecule is CCCc1nc(Cl)cc(Oc2ccc(C)cc2Br)n1. The van der Waals surface area contributed by atoms with E-state index in [9.17, 15) is 0 Å². The number of rotatable bonds is 4. The topological polar surface area (TPSA) is 35.0 Å². The third kappa shape index (κ3) is 3.91. The zero-order valence-corrected chi connectivity index (χ0v) is 13.1. The highest BCUT2D eigenvalue weighted by atomic mass is 79.9. The standard InChI is InChI=1S/C14H14BrClN2O/c1-3-4-13-17-12(16)8-14(18-13)19-11-6-5-9(2)7-10(11)15/h5-8H,3-4H2,1-2H3. The lowest BCUT2D eigenvalue weighted by atomic mass is 10.2. The summed E-state index contributed by atoms with van der Waals surface area (Å²) in [6, 6.07) is 7.49. The van der Waals surface area contributed by atoms with Crippen molar-refractivity contribution in [2.24, 2.45) is 0 Å². The Morgan fingerprint density at radius 1 is 1.26 bits per heavy atom. The Labute approximate surface area is 126 Å². The second kappa shape index (κ2) is 6.35. The Bertz CT molecular complexity index is 590. The first-order chi connectivity index (χ1) is 9.08. The van der Waals surface area contributed by atoms with E-state index in [2.05, 4.69) is 32.8 Å². The molecule has 0 aliphatic carbocycles. The van der Waals surface area contributed by atoms with Gasteiger partial charge in [0.05, 0.1) is 4.47 Å². The van der Waals surface area contributed by atoms with E-state index in [0.717, 1.165) is 22.9 Å². The van der Waals surface area contributed by atoms with Crippen LogP contribution in [0.3, 0.4) is 0 Å². The van der Waals surface area contributed by atoms with Crippen LogP contribution >= 0.6 is 27.5 Å². The summed E-state index contributed by atoms with van der Waals surface area (Å²) in [5.41, 5.74) is 1.16. The number of halogens is 2. The van der Waals surface area contributed by atoms with Gasteiger partial charge in [0.25, 0.3) is 0 Å². The molecule has 3 nitrogen and oxygen atoms in total. The first-order valence-corrected chi connectivity index (χ1v) is 7.23. The minimum atomic E-state index is 0.400. The van der Waals surface area contributed by atoms with Crippen LogP contribution in [0.2, 0.25) is 5.15 Å². The molecule has 0 radical (unpaired) electrons. The number of aryl methyl sites for hydroxylation is 2. The van der Waals surface area contributed by atoms with Gasteiger partial charge in [-0.3, -0.25) is 0 Å². The second-order valence-electron chi connectivity index (χ2n) is 4.23. The van der Waals surface area contributed by atoms with Gasteiger partial charge in [-0.15, -0.1) is 0 Å². The predicted octanol–water partition coefficient (Wildman–Crippen LogP) is 4.95. The van der Waals surface area contributed by atoms with Crippen LogP contribution in [0.5, 0.6) is 11.6 Å². The molecule has 0 saturated carbocycles. The van der Waals surface area contributed by atoms with Crippen molar-refractivity contribution < 1.29 is 4.74 Å². The third-order valence-corrected chi connectivity index (χ3v) is 3.31. The highest BCUT2D eigenvalue weighted by Gasteiger charge is 2.07. The molecule has 1 aromatic carbocycles. The number of benzene rings is 1. The van der Waals surface area contributed by atoms with Crippen molar-refractivity contribution in [1.82, 2.24) is 9.97 Å². The number of hydrogen-bond acceptors (Lipinski definition) is 3. The highest BCUT2D eigenvalue weighted by Crippen LogP contribution is 2.30. The van der Waals surface area contributed by atoms with Gasteiger partial charge >= 0.3 is 0 Å². The molecule has 0 unspecified atom stereocenters. The van der Waals surface area contributed by atoms with E-state index >= 15 is 0 Å². The fourth-order valence-corrected chi connectivity index (χ4v) is 2.40. The minimum absolute atomic E-state index is 0.400. The van der Waals surface area contributed by atoms with Gasteiger partial charge in [0, 0.05) is 12.5 Å². The molecule has 0 aliphatic heterocycles. The molecule has 0 N–H and O–H groups in total.